The number of anilines is 6. The average Bonchev–Trinajstić information content (AvgIpc) is 4.00. The van der Waals surface area contributed by atoms with Crippen LogP contribution < -0.4 is 9.80 Å². The van der Waals surface area contributed by atoms with Crippen molar-refractivity contribution in [1.29, 1.82) is 0 Å². The first-order chi connectivity index (χ1) is 35.3. The Morgan fingerprint density at radius 2 is 0.750 bits per heavy atom. The first kappa shape index (κ1) is 41.5. The maximum atomic E-state index is 2.59. The highest BCUT2D eigenvalue weighted by Gasteiger charge is 2.29. The third kappa shape index (κ3) is 6.19. The largest absolute Gasteiger partial charge is 0.308 e. The Hall–Kier alpha value is -8.28. The molecule has 0 radical (unpaired) electrons. The summed E-state index contributed by atoms with van der Waals surface area (Å²) in [6.07, 6.45) is 0. The molecule has 14 aromatic rings. The molecule has 15 rings (SSSR count). The third-order valence-electron chi connectivity index (χ3n) is 15.2. The number of rotatable bonds is 2. The molecule has 3 heterocycles. The molecule has 0 unspecified atom stereocenters. The van der Waals surface area contributed by atoms with Gasteiger partial charge >= 0.3 is 0 Å². The van der Waals surface area contributed by atoms with E-state index in [4.69, 9.17) is 0 Å². The Kier molecular flexibility index (Phi) is 9.00. The van der Waals surface area contributed by atoms with Crippen molar-refractivity contribution in [2.75, 3.05) is 9.80 Å². The SMILES string of the molecule is CC(C)(C)c1cc2ccc3c4cc(c5ccc(c1)c2c35)N(c1cccc2c1sc1ccccc12)c1cccc(c1)-c1ccccc1-c1ccccc1-c1cccc(c1)N4c1cccc2c1sc1ccccc12. The molecule has 0 saturated heterocycles. The van der Waals surface area contributed by atoms with Gasteiger partial charge in [-0.2, -0.15) is 0 Å². The van der Waals surface area contributed by atoms with Crippen LogP contribution in [0.15, 0.2) is 224 Å². The Bertz CT molecular complexity index is 4250. The van der Waals surface area contributed by atoms with Gasteiger partial charge in [0.25, 0.3) is 0 Å². The van der Waals surface area contributed by atoms with E-state index in [1.54, 1.807) is 0 Å². The summed E-state index contributed by atoms with van der Waals surface area (Å²) in [4.78, 5) is 5.17. The van der Waals surface area contributed by atoms with Gasteiger partial charge in [0.05, 0.1) is 32.1 Å². The highest BCUT2D eigenvalue weighted by Crippen LogP contribution is 2.55. The second kappa shape index (κ2) is 15.6. The van der Waals surface area contributed by atoms with Crippen molar-refractivity contribution in [3.8, 4) is 33.4 Å². The van der Waals surface area contributed by atoms with Gasteiger partial charge in [-0.15, -0.1) is 22.7 Å². The molecule has 1 aliphatic rings. The van der Waals surface area contributed by atoms with Crippen molar-refractivity contribution < 1.29 is 0 Å². The van der Waals surface area contributed by atoms with Gasteiger partial charge in [-0.1, -0.05) is 191 Å². The lowest BCUT2D eigenvalue weighted by atomic mass is 9.83. The lowest BCUT2D eigenvalue weighted by Crippen LogP contribution is -2.15. The van der Waals surface area contributed by atoms with Gasteiger partial charge in [0.2, 0.25) is 0 Å². The lowest BCUT2D eigenvalue weighted by molar-refractivity contribution is 0.591. The van der Waals surface area contributed by atoms with Crippen molar-refractivity contribution in [2.45, 2.75) is 26.2 Å². The van der Waals surface area contributed by atoms with Crippen molar-refractivity contribution in [3.05, 3.63) is 230 Å². The molecule has 0 aliphatic carbocycles. The number of nitrogens with zero attached hydrogens (tertiary/aromatic N) is 2. The summed E-state index contributed by atoms with van der Waals surface area (Å²) in [5, 5.41) is 12.6. The van der Waals surface area contributed by atoms with Gasteiger partial charge < -0.3 is 9.80 Å². The normalized spacial score (nSPS) is 12.9. The third-order valence-corrected chi connectivity index (χ3v) is 17.7. The predicted molar refractivity (Wildman–Crippen MR) is 314 cm³/mol. The van der Waals surface area contributed by atoms with E-state index in [2.05, 4.69) is 255 Å². The highest BCUT2D eigenvalue weighted by molar-refractivity contribution is 7.26. The molecule has 72 heavy (non-hydrogen) atoms. The van der Waals surface area contributed by atoms with Crippen LogP contribution in [0.3, 0.4) is 0 Å². The molecule has 340 valence electrons. The van der Waals surface area contributed by atoms with Crippen LogP contribution in [0, 0.1) is 0 Å². The summed E-state index contributed by atoms with van der Waals surface area (Å²) in [6, 6.07) is 85.1. The minimum atomic E-state index is -0.0167. The number of hydrogen-bond acceptors (Lipinski definition) is 4. The van der Waals surface area contributed by atoms with E-state index in [-0.39, 0.29) is 5.41 Å². The molecule has 0 atom stereocenters. The zero-order chi connectivity index (χ0) is 47.8. The van der Waals surface area contributed by atoms with Crippen molar-refractivity contribution in [3.63, 3.8) is 0 Å². The summed E-state index contributed by atoms with van der Waals surface area (Å²) >= 11 is 3.77. The van der Waals surface area contributed by atoms with E-state index >= 15 is 0 Å². The van der Waals surface area contributed by atoms with Crippen LogP contribution in [0.25, 0.3) is 106 Å². The Morgan fingerprint density at radius 1 is 0.319 bits per heavy atom. The summed E-state index contributed by atoms with van der Waals surface area (Å²) < 4.78 is 5.09. The standard InChI is InChI=1S/C68H46N2S2/c1-68(2,3)45-36-43-32-34-56-60-40-61(57-35-33-44(37-45)64(43)65(56)57)70(59-29-15-27-55-53-25-9-11-31-63(53)72-67(55)59)47-19-13-17-42(39-47)49-21-5-7-23-51(49)50-22-6-4-20-48(50)41-16-12-18-46(38-41)69(60)58-28-14-26-54-52-24-8-10-30-62(52)71-66(54)58/h4-40H,1-3H3. The van der Waals surface area contributed by atoms with E-state index in [0.29, 0.717) is 0 Å². The first-order valence-corrected chi connectivity index (χ1v) is 26.5. The molecule has 0 spiro atoms. The molecule has 2 aromatic heterocycles. The van der Waals surface area contributed by atoms with Crippen LogP contribution in [-0.4, -0.2) is 0 Å². The monoisotopic (exact) mass is 954 g/mol. The van der Waals surface area contributed by atoms with Gasteiger partial charge in [0.15, 0.2) is 0 Å². The molecule has 12 aromatic carbocycles. The molecule has 0 amide bonds. The zero-order valence-electron chi connectivity index (χ0n) is 40.1. The fraction of sp³-hybridized carbons (Fsp3) is 0.0588. The second-order valence-electron chi connectivity index (χ2n) is 20.4. The van der Waals surface area contributed by atoms with Crippen molar-refractivity contribution in [2.24, 2.45) is 0 Å². The van der Waals surface area contributed by atoms with E-state index in [1.165, 1.54) is 112 Å². The number of benzene rings is 12. The number of hydrogen-bond donors (Lipinski definition) is 0. The molecule has 0 fully saturated rings. The smallest absolute Gasteiger partial charge is 0.0640 e. The summed E-state index contributed by atoms with van der Waals surface area (Å²) in [5.41, 5.74) is 15.2. The number of thiophene rings is 2. The topological polar surface area (TPSA) is 6.48 Å². The minimum Gasteiger partial charge on any atom is -0.308 e. The molecule has 2 nitrogen and oxygen atoms in total. The van der Waals surface area contributed by atoms with Crippen molar-refractivity contribution >= 4 is 129 Å². The summed E-state index contributed by atoms with van der Waals surface area (Å²) in [6.45, 7) is 6.97. The maximum absolute atomic E-state index is 2.59. The van der Waals surface area contributed by atoms with Gasteiger partial charge in [0.1, 0.15) is 0 Å². The summed E-state index contributed by atoms with van der Waals surface area (Å²) in [7, 11) is 0. The molecule has 1 aliphatic heterocycles. The molecule has 0 saturated carbocycles. The molecule has 0 N–H and O–H groups in total. The van der Waals surface area contributed by atoms with Crippen LogP contribution in [-0.2, 0) is 5.41 Å². The van der Waals surface area contributed by atoms with Crippen LogP contribution in [0.2, 0.25) is 0 Å². The fourth-order valence-corrected chi connectivity index (χ4v) is 14.3. The Balaban J connectivity index is 1.16. The Morgan fingerprint density at radius 3 is 1.24 bits per heavy atom. The van der Waals surface area contributed by atoms with Gasteiger partial charge in [-0.3, -0.25) is 0 Å². The lowest BCUT2D eigenvalue weighted by Gasteiger charge is -2.33. The van der Waals surface area contributed by atoms with Gasteiger partial charge in [-0.05, 0) is 115 Å². The van der Waals surface area contributed by atoms with Crippen LogP contribution in [0.4, 0.5) is 34.1 Å². The van der Waals surface area contributed by atoms with E-state index in [9.17, 15) is 0 Å². The first-order valence-electron chi connectivity index (χ1n) is 24.9. The van der Waals surface area contributed by atoms with Crippen LogP contribution >= 0.6 is 22.7 Å². The zero-order valence-corrected chi connectivity index (χ0v) is 41.7. The number of fused-ring (bicyclic) bond motifs is 19. The predicted octanol–water partition coefficient (Wildman–Crippen LogP) is 20.9. The average molecular weight is 955 g/mol. The van der Waals surface area contributed by atoms with Gasteiger partial charge in [-0.25, -0.2) is 0 Å². The van der Waals surface area contributed by atoms with Crippen LogP contribution in [0.1, 0.15) is 26.3 Å². The fourth-order valence-electron chi connectivity index (χ4n) is 11.9. The Labute approximate surface area is 426 Å². The van der Waals surface area contributed by atoms with Gasteiger partial charge in [0, 0.05) is 58.5 Å². The van der Waals surface area contributed by atoms with E-state index < -0.39 is 0 Å². The van der Waals surface area contributed by atoms with Crippen molar-refractivity contribution in [1.82, 2.24) is 0 Å². The summed E-state index contributed by atoms with van der Waals surface area (Å²) in [5.74, 6) is 0. The molecule has 4 heteroatoms. The maximum Gasteiger partial charge on any atom is 0.0640 e. The van der Waals surface area contributed by atoms with Crippen LogP contribution in [0.5, 0.6) is 0 Å². The molecule has 6 bridgehead atoms. The molecular formula is C68H46N2S2. The quantitative estimate of drug-likeness (QED) is 0.159. The highest BCUT2D eigenvalue weighted by atomic mass is 32.1. The minimum absolute atomic E-state index is 0.0167. The van der Waals surface area contributed by atoms with E-state index in [0.717, 1.165) is 34.1 Å². The second-order valence-corrected chi connectivity index (χ2v) is 22.5. The van der Waals surface area contributed by atoms with E-state index in [1.807, 2.05) is 22.7 Å². The molecular weight excluding hydrogens is 909 g/mol.